The Morgan fingerprint density at radius 3 is 2.31 bits per heavy atom. The zero-order chi connectivity index (χ0) is 18.2. The van der Waals surface area contributed by atoms with E-state index in [1.807, 2.05) is 42.5 Å². The lowest BCUT2D eigenvalue weighted by Crippen LogP contribution is -2.26. The summed E-state index contributed by atoms with van der Waals surface area (Å²) in [5.74, 6) is 0.105. The van der Waals surface area contributed by atoms with Crippen LogP contribution in [0.25, 0.3) is 0 Å². The van der Waals surface area contributed by atoms with Gasteiger partial charge in [0.2, 0.25) is 0 Å². The summed E-state index contributed by atoms with van der Waals surface area (Å²) in [6, 6.07) is 23.3. The van der Waals surface area contributed by atoms with Crippen LogP contribution in [0.3, 0.4) is 0 Å². The molecular weight excluding hydrogens is 329 g/mol. The minimum absolute atomic E-state index is 0.184. The van der Waals surface area contributed by atoms with Crippen molar-refractivity contribution in [3.05, 3.63) is 101 Å². The molecule has 0 heterocycles. The van der Waals surface area contributed by atoms with Gasteiger partial charge in [0.25, 0.3) is 5.91 Å². The highest BCUT2D eigenvalue weighted by Gasteiger charge is 2.11. The first-order valence-electron chi connectivity index (χ1n) is 8.51. The fraction of sp³-hybridized carbons (Fsp3) is 0.136. The highest BCUT2D eigenvalue weighted by molar-refractivity contribution is 5.96. The number of rotatable bonds is 7. The number of nitrogens with one attached hydrogen (secondary N) is 1. The predicted molar refractivity (Wildman–Crippen MR) is 99.7 cm³/mol. The second-order valence-electron chi connectivity index (χ2n) is 5.90. The molecule has 3 aromatic carbocycles. The molecule has 0 aliphatic heterocycles. The lowest BCUT2D eigenvalue weighted by Gasteiger charge is -2.12. The average Bonchev–Trinajstić information content (AvgIpc) is 2.69. The monoisotopic (exact) mass is 349 g/mol. The summed E-state index contributed by atoms with van der Waals surface area (Å²) in [4.78, 5) is 12.5. The van der Waals surface area contributed by atoms with Crippen LogP contribution in [-0.2, 0) is 13.0 Å². The van der Waals surface area contributed by atoms with Crippen molar-refractivity contribution in [1.82, 2.24) is 5.32 Å². The number of halogens is 1. The van der Waals surface area contributed by atoms with Gasteiger partial charge in [-0.25, -0.2) is 4.39 Å². The van der Waals surface area contributed by atoms with E-state index in [2.05, 4.69) is 5.32 Å². The van der Waals surface area contributed by atoms with Crippen LogP contribution in [0.4, 0.5) is 4.39 Å². The molecule has 1 amide bonds. The Hall–Kier alpha value is -3.14. The fourth-order valence-corrected chi connectivity index (χ4v) is 2.58. The summed E-state index contributed by atoms with van der Waals surface area (Å²) in [7, 11) is 0. The molecule has 0 aliphatic carbocycles. The molecule has 0 saturated heterocycles. The number of para-hydroxylation sites is 1. The molecule has 3 rings (SSSR count). The largest absolute Gasteiger partial charge is 0.488 e. The summed E-state index contributed by atoms with van der Waals surface area (Å²) in [5.41, 5.74) is 2.52. The van der Waals surface area contributed by atoms with Crippen LogP contribution in [0.5, 0.6) is 5.75 Å². The third kappa shape index (κ3) is 4.93. The van der Waals surface area contributed by atoms with Crippen molar-refractivity contribution in [3.8, 4) is 5.75 Å². The molecule has 0 spiro atoms. The van der Waals surface area contributed by atoms with Crippen LogP contribution in [0.15, 0.2) is 78.9 Å². The molecule has 0 fully saturated rings. The standard InChI is InChI=1S/C22H20FNO2/c23-19-12-10-17(11-13-19)14-15-24-22(25)20-8-4-5-9-21(20)26-16-18-6-2-1-3-7-18/h1-13H,14-16H2,(H,24,25). The van der Waals surface area contributed by atoms with Crippen molar-refractivity contribution >= 4 is 5.91 Å². The third-order valence-electron chi connectivity index (χ3n) is 3.98. The number of hydrogen-bond donors (Lipinski definition) is 1. The summed E-state index contributed by atoms with van der Waals surface area (Å²) < 4.78 is 18.7. The van der Waals surface area contributed by atoms with Crippen molar-refractivity contribution < 1.29 is 13.9 Å². The van der Waals surface area contributed by atoms with Crippen molar-refractivity contribution in [3.63, 3.8) is 0 Å². The zero-order valence-electron chi connectivity index (χ0n) is 14.3. The van der Waals surface area contributed by atoms with Crippen LogP contribution in [0.2, 0.25) is 0 Å². The minimum Gasteiger partial charge on any atom is -0.488 e. The normalized spacial score (nSPS) is 10.3. The molecule has 0 radical (unpaired) electrons. The van der Waals surface area contributed by atoms with Crippen LogP contribution in [0.1, 0.15) is 21.5 Å². The van der Waals surface area contributed by atoms with E-state index in [0.717, 1.165) is 11.1 Å². The number of benzene rings is 3. The Morgan fingerprint density at radius 2 is 1.54 bits per heavy atom. The molecule has 0 saturated carbocycles. The number of carbonyl (C=O) groups excluding carboxylic acids is 1. The van der Waals surface area contributed by atoms with Crippen LogP contribution < -0.4 is 10.1 Å². The lowest BCUT2D eigenvalue weighted by molar-refractivity contribution is 0.0949. The second kappa shape index (κ2) is 8.81. The van der Waals surface area contributed by atoms with Gasteiger partial charge < -0.3 is 10.1 Å². The molecule has 26 heavy (non-hydrogen) atoms. The van der Waals surface area contributed by atoms with E-state index in [-0.39, 0.29) is 11.7 Å². The maximum Gasteiger partial charge on any atom is 0.255 e. The van der Waals surface area contributed by atoms with Gasteiger partial charge in [0, 0.05) is 6.54 Å². The Morgan fingerprint density at radius 1 is 0.846 bits per heavy atom. The second-order valence-corrected chi connectivity index (χ2v) is 5.90. The Labute approximate surface area is 152 Å². The first-order valence-corrected chi connectivity index (χ1v) is 8.51. The fourth-order valence-electron chi connectivity index (χ4n) is 2.58. The van der Waals surface area contributed by atoms with E-state index in [1.165, 1.54) is 12.1 Å². The maximum absolute atomic E-state index is 12.9. The summed E-state index contributed by atoms with van der Waals surface area (Å²) in [6.45, 7) is 0.873. The Balaban J connectivity index is 1.57. The molecule has 0 unspecified atom stereocenters. The molecule has 0 aromatic heterocycles. The average molecular weight is 349 g/mol. The maximum atomic E-state index is 12.9. The van der Waals surface area contributed by atoms with Crippen LogP contribution in [0, 0.1) is 5.82 Å². The quantitative estimate of drug-likeness (QED) is 0.687. The van der Waals surface area contributed by atoms with Gasteiger partial charge >= 0.3 is 0 Å². The highest BCUT2D eigenvalue weighted by Crippen LogP contribution is 2.19. The number of ether oxygens (including phenoxy) is 1. The molecule has 132 valence electrons. The van der Waals surface area contributed by atoms with Crippen molar-refractivity contribution in [2.24, 2.45) is 0 Å². The Kier molecular flexibility index (Phi) is 5.99. The zero-order valence-corrected chi connectivity index (χ0v) is 14.3. The minimum atomic E-state index is -0.262. The van der Waals surface area contributed by atoms with Gasteiger partial charge in [-0.05, 0) is 41.8 Å². The van der Waals surface area contributed by atoms with Crippen LogP contribution >= 0.6 is 0 Å². The van der Waals surface area contributed by atoms with Crippen LogP contribution in [-0.4, -0.2) is 12.5 Å². The van der Waals surface area contributed by atoms with Gasteiger partial charge in [0.05, 0.1) is 5.56 Å². The summed E-state index contributed by atoms with van der Waals surface area (Å²) >= 11 is 0. The van der Waals surface area contributed by atoms with E-state index in [1.54, 1.807) is 24.3 Å². The van der Waals surface area contributed by atoms with Gasteiger partial charge in [-0.1, -0.05) is 54.6 Å². The van der Waals surface area contributed by atoms with Crippen molar-refractivity contribution in [1.29, 1.82) is 0 Å². The number of carbonyl (C=O) groups is 1. The molecule has 3 nitrogen and oxygen atoms in total. The van der Waals surface area contributed by atoms with E-state index in [4.69, 9.17) is 4.74 Å². The SMILES string of the molecule is O=C(NCCc1ccc(F)cc1)c1ccccc1OCc1ccccc1. The molecule has 4 heteroatoms. The first-order chi connectivity index (χ1) is 12.7. The smallest absolute Gasteiger partial charge is 0.255 e. The van der Waals surface area contributed by atoms with Gasteiger partial charge in [0.15, 0.2) is 0 Å². The predicted octanol–water partition coefficient (Wildman–Crippen LogP) is 4.38. The van der Waals surface area contributed by atoms with E-state index < -0.39 is 0 Å². The van der Waals surface area contributed by atoms with Gasteiger partial charge in [-0.3, -0.25) is 4.79 Å². The van der Waals surface area contributed by atoms with Gasteiger partial charge in [0.1, 0.15) is 18.2 Å². The van der Waals surface area contributed by atoms with E-state index >= 15 is 0 Å². The molecule has 3 aromatic rings. The van der Waals surface area contributed by atoms with Crippen molar-refractivity contribution in [2.45, 2.75) is 13.0 Å². The third-order valence-corrected chi connectivity index (χ3v) is 3.98. The lowest BCUT2D eigenvalue weighted by atomic mass is 10.1. The number of amides is 1. The molecule has 0 bridgehead atoms. The summed E-state index contributed by atoms with van der Waals surface area (Å²) in [6.07, 6.45) is 0.638. The van der Waals surface area contributed by atoms with Gasteiger partial charge in [-0.2, -0.15) is 0 Å². The van der Waals surface area contributed by atoms with Crippen molar-refractivity contribution in [2.75, 3.05) is 6.54 Å². The number of hydrogen-bond acceptors (Lipinski definition) is 2. The molecular formula is C22H20FNO2. The topological polar surface area (TPSA) is 38.3 Å². The Bertz CT molecular complexity index is 848. The summed E-state index contributed by atoms with van der Waals surface area (Å²) in [5, 5.41) is 2.89. The van der Waals surface area contributed by atoms with E-state index in [0.29, 0.717) is 30.9 Å². The first kappa shape index (κ1) is 17.7. The molecule has 0 atom stereocenters. The van der Waals surface area contributed by atoms with Gasteiger partial charge in [-0.15, -0.1) is 0 Å². The highest BCUT2D eigenvalue weighted by atomic mass is 19.1. The molecule has 0 aliphatic rings. The molecule has 1 N–H and O–H groups in total. The van der Waals surface area contributed by atoms with E-state index in [9.17, 15) is 9.18 Å².